The maximum atomic E-state index is 13.5. The van der Waals surface area contributed by atoms with E-state index in [-0.39, 0.29) is 27.5 Å². The van der Waals surface area contributed by atoms with Gasteiger partial charge in [0.05, 0.1) is 30.5 Å². The summed E-state index contributed by atoms with van der Waals surface area (Å²) in [5.74, 6) is -1.67. The molecule has 4 heterocycles. The second-order valence-electron chi connectivity index (χ2n) is 6.56. The predicted molar refractivity (Wildman–Crippen MR) is 123 cm³/mol. The lowest BCUT2D eigenvalue weighted by Gasteiger charge is -2.22. The van der Waals surface area contributed by atoms with Crippen molar-refractivity contribution in [3.05, 3.63) is 61.0 Å². The van der Waals surface area contributed by atoms with Gasteiger partial charge in [0, 0.05) is 21.4 Å². The normalized spacial score (nSPS) is 16.3. The molecule has 31 heavy (non-hydrogen) atoms. The van der Waals surface area contributed by atoms with Crippen LogP contribution in [0, 0.1) is 0 Å². The Hall–Kier alpha value is -2.82. The van der Waals surface area contributed by atoms with Gasteiger partial charge in [0.25, 0.3) is 0 Å². The highest BCUT2D eigenvalue weighted by atomic mass is 32.2. The van der Waals surface area contributed by atoms with E-state index < -0.39 is 17.2 Å². The number of nitrogen functional groups attached to an aromatic ring is 1. The lowest BCUT2D eigenvalue weighted by Crippen LogP contribution is -2.45. The molecule has 0 aliphatic carbocycles. The molecular weight excluding hydrogens is 456 g/mol. The molecule has 0 aromatic carbocycles. The minimum absolute atomic E-state index is 0.0804. The molecule has 1 aliphatic heterocycles. The summed E-state index contributed by atoms with van der Waals surface area (Å²) in [7, 11) is 2.50. The smallest absolute Gasteiger partial charge is 0.357 e. The van der Waals surface area contributed by atoms with Gasteiger partial charge in [-0.3, -0.25) is 9.36 Å². The van der Waals surface area contributed by atoms with Crippen molar-refractivity contribution in [3.63, 3.8) is 0 Å². The summed E-state index contributed by atoms with van der Waals surface area (Å²) >= 11 is 4.12. The number of thiophene rings is 2. The first-order valence-corrected chi connectivity index (χ1v) is 11.8. The standard InChI is InChI=1S/C21H18N2O5S3/c1-27-20(25)17-15(22)13(9-11-5-3-7-29-11)16-18(21(26)28-2)31-14(19(24)23(16)17)10-12-6-4-8-30-12/h3-9,14H,10,22H2,1-2H3/b13-9+/t14-/m1/s1. The summed E-state index contributed by atoms with van der Waals surface area (Å²) in [5, 5.41) is 3.87. The van der Waals surface area contributed by atoms with Crippen molar-refractivity contribution in [1.82, 2.24) is 4.57 Å². The predicted octanol–water partition coefficient (Wildman–Crippen LogP) is 2.09. The molecule has 4 rings (SSSR count). The van der Waals surface area contributed by atoms with E-state index in [0.29, 0.717) is 11.6 Å². The van der Waals surface area contributed by atoms with Gasteiger partial charge in [0.2, 0.25) is 5.91 Å². The molecule has 0 bridgehead atoms. The van der Waals surface area contributed by atoms with Gasteiger partial charge in [-0.15, -0.1) is 34.4 Å². The number of hydrogen-bond donors (Lipinski definition) is 1. The van der Waals surface area contributed by atoms with Crippen LogP contribution in [0.1, 0.15) is 25.0 Å². The molecule has 160 valence electrons. The van der Waals surface area contributed by atoms with Crippen LogP contribution in [0.5, 0.6) is 0 Å². The number of nitrogens with zero attached hydrogens (tertiary/aromatic N) is 1. The van der Waals surface area contributed by atoms with E-state index in [9.17, 15) is 14.4 Å². The van der Waals surface area contributed by atoms with Crippen molar-refractivity contribution in [2.75, 3.05) is 20.0 Å². The van der Waals surface area contributed by atoms with Crippen molar-refractivity contribution < 1.29 is 23.9 Å². The molecule has 7 nitrogen and oxygen atoms in total. The number of carbonyl (C=O) groups is 3. The Morgan fingerprint density at radius 2 is 1.84 bits per heavy atom. The molecule has 0 saturated heterocycles. The third-order valence-corrected chi connectivity index (χ3v) is 7.73. The van der Waals surface area contributed by atoms with Gasteiger partial charge in [0.15, 0.2) is 5.69 Å². The zero-order valence-electron chi connectivity index (χ0n) is 16.6. The third-order valence-electron chi connectivity index (χ3n) is 4.76. The molecule has 10 heteroatoms. The highest BCUT2D eigenvalue weighted by molar-refractivity contribution is 8.10. The fourth-order valence-electron chi connectivity index (χ4n) is 3.38. The minimum Gasteiger partial charge on any atom is -0.465 e. The fraction of sp³-hybridized carbons (Fsp3) is 0.190. The van der Waals surface area contributed by atoms with Crippen LogP contribution in [0.25, 0.3) is 11.0 Å². The lowest BCUT2D eigenvalue weighted by molar-refractivity contribution is -0.133. The Kier molecular flexibility index (Phi) is 6.03. The number of thioether (sulfide) groups is 1. The quantitative estimate of drug-likeness (QED) is 0.565. The van der Waals surface area contributed by atoms with Crippen LogP contribution in [0.3, 0.4) is 0 Å². The monoisotopic (exact) mass is 474 g/mol. The number of fused-ring (bicyclic) bond motifs is 1. The maximum Gasteiger partial charge on any atom is 0.357 e. The molecule has 3 aromatic heterocycles. The minimum atomic E-state index is -0.746. The van der Waals surface area contributed by atoms with Crippen LogP contribution in [0.4, 0.5) is 5.69 Å². The summed E-state index contributed by atoms with van der Waals surface area (Å²) in [6.07, 6.45) is 2.17. The highest BCUT2D eigenvalue weighted by Gasteiger charge is 2.37. The molecule has 0 saturated carbocycles. The summed E-state index contributed by atoms with van der Waals surface area (Å²) in [6.45, 7) is 0. The molecule has 1 atom stereocenters. The molecule has 0 radical (unpaired) electrons. The Labute approximate surface area is 189 Å². The van der Waals surface area contributed by atoms with E-state index in [1.807, 2.05) is 35.0 Å². The summed E-state index contributed by atoms with van der Waals surface area (Å²) < 4.78 is 11.1. The van der Waals surface area contributed by atoms with E-state index >= 15 is 0 Å². The second kappa shape index (κ2) is 8.74. The Morgan fingerprint density at radius 1 is 1.13 bits per heavy atom. The van der Waals surface area contributed by atoms with Gasteiger partial charge in [-0.05, 0) is 29.0 Å². The molecule has 2 N–H and O–H groups in total. The van der Waals surface area contributed by atoms with Crippen molar-refractivity contribution in [1.29, 1.82) is 0 Å². The number of esters is 2. The fourth-order valence-corrected chi connectivity index (χ4v) is 6.14. The number of ether oxygens (including phenoxy) is 2. The van der Waals surface area contributed by atoms with Gasteiger partial charge >= 0.3 is 11.9 Å². The molecule has 0 fully saturated rings. The maximum absolute atomic E-state index is 13.5. The number of methoxy groups -OCH3 is 2. The van der Waals surface area contributed by atoms with Gasteiger partial charge in [-0.25, -0.2) is 9.59 Å². The average molecular weight is 475 g/mol. The van der Waals surface area contributed by atoms with E-state index in [1.54, 1.807) is 6.08 Å². The van der Waals surface area contributed by atoms with Crippen LogP contribution in [0.15, 0.2) is 35.0 Å². The Morgan fingerprint density at radius 3 is 2.45 bits per heavy atom. The van der Waals surface area contributed by atoms with Gasteiger partial charge in [-0.2, -0.15) is 0 Å². The van der Waals surface area contributed by atoms with E-state index in [0.717, 1.165) is 21.5 Å². The largest absolute Gasteiger partial charge is 0.465 e. The van der Waals surface area contributed by atoms with Crippen LogP contribution >= 0.6 is 34.4 Å². The first-order valence-electron chi connectivity index (χ1n) is 9.15. The lowest BCUT2D eigenvalue weighted by atomic mass is 10.2. The Balaban J connectivity index is 2.04. The number of aromatic nitrogens is 1. The first kappa shape index (κ1) is 21.4. The van der Waals surface area contributed by atoms with Crippen LogP contribution in [0.2, 0.25) is 0 Å². The molecule has 1 aliphatic rings. The topological polar surface area (TPSA) is 101 Å². The van der Waals surface area contributed by atoms with Gasteiger partial charge < -0.3 is 15.2 Å². The van der Waals surface area contributed by atoms with Crippen molar-refractivity contribution >= 4 is 68.9 Å². The van der Waals surface area contributed by atoms with E-state index in [1.165, 1.54) is 41.5 Å². The van der Waals surface area contributed by atoms with Gasteiger partial charge in [0.1, 0.15) is 4.91 Å². The zero-order valence-corrected chi connectivity index (χ0v) is 19.1. The molecule has 0 spiro atoms. The summed E-state index contributed by atoms with van der Waals surface area (Å²) in [5.41, 5.74) is 6.36. The van der Waals surface area contributed by atoms with Crippen LogP contribution in [-0.4, -0.2) is 41.9 Å². The van der Waals surface area contributed by atoms with Crippen molar-refractivity contribution in [2.24, 2.45) is 0 Å². The van der Waals surface area contributed by atoms with Crippen LogP contribution in [-0.2, 0) is 20.7 Å². The van der Waals surface area contributed by atoms with Crippen LogP contribution < -0.4 is 16.3 Å². The number of hydrogen-bond acceptors (Lipinski definition) is 9. The average Bonchev–Trinajstić information content (AvgIpc) is 3.52. The summed E-state index contributed by atoms with van der Waals surface area (Å²) in [6, 6.07) is 7.57. The van der Waals surface area contributed by atoms with Gasteiger partial charge in [-0.1, -0.05) is 12.1 Å². The third kappa shape index (κ3) is 3.82. The number of nitrogens with two attached hydrogens (primary N) is 1. The Bertz CT molecular complexity index is 1270. The molecule has 3 aromatic rings. The second-order valence-corrected chi connectivity index (χ2v) is 9.78. The summed E-state index contributed by atoms with van der Waals surface area (Å²) in [4.78, 5) is 40.9. The van der Waals surface area contributed by atoms with E-state index in [4.69, 9.17) is 15.2 Å². The van der Waals surface area contributed by atoms with E-state index in [2.05, 4.69) is 0 Å². The number of rotatable bonds is 5. The molecule has 0 unspecified atom stereocenters. The number of carbonyl (C=O) groups excluding carboxylic acids is 3. The number of anilines is 1. The zero-order chi connectivity index (χ0) is 22.1. The molecular formula is C21H18N2O5S3. The van der Waals surface area contributed by atoms with Crippen molar-refractivity contribution in [2.45, 2.75) is 11.7 Å². The molecule has 0 amide bonds. The SMILES string of the molecule is COC(=O)C1=c2/c(=C/c3cccs3)c(N)c(C(=O)OC)n2C(=O)[C@@H](Cc2cccs2)S1. The van der Waals surface area contributed by atoms with Crippen molar-refractivity contribution in [3.8, 4) is 0 Å². The highest BCUT2D eigenvalue weighted by Crippen LogP contribution is 2.32. The first-order chi connectivity index (χ1) is 15.0.